The number of amides is 1. The number of hydrogen-bond acceptors (Lipinski definition) is 2. The second-order valence-corrected chi connectivity index (χ2v) is 9.80. The molecule has 1 N–H and O–H groups in total. The van der Waals surface area contributed by atoms with Crippen molar-refractivity contribution in [3.8, 4) is 0 Å². The lowest BCUT2D eigenvalue weighted by Gasteiger charge is -2.16. The Bertz CT molecular complexity index is 1100. The van der Waals surface area contributed by atoms with E-state index in [1.54, 1.807) is 24.3 Å². The van der Waals surface area contributed by atoms with Crippen molar-refractivity contribution < 1.29 is 9.59 Å². The zero-order valence-electron chi connectivity index (χ0n) is 19.9. The zero-order valence-corrected chi connectivity index (χ0v) is 19.9. The molecule has 3 nitrogen and oxygen atoms in total. The lowest BCUT2D eigenvalue weighted by Crippen LogP contribution is -2.23. The van der Waals surface area contributed by atoms with E-state index in [1.165, 1.54) is 66.3 Å². The lowest BCUT2D eigenvalue weighted by molar-refractivity contribution is 0.0947. The smallest absolute Gasteiger partial charge is 0.251 e. The largest absolute Gasteiger partial charge is 0.348 e. The summed E-state index contributed by atoms with van der Waals surface area (Å²) in [5.41, 5.74) is 9.46. The molecule has 0 heterocycles. The van der Waals surface area contributed by atoms with Crippen molar-refractivity contribution >= 4 is 11.7 Å². The van der Waals surface area contributed by atoms with Gasteiger partial charge in [0.1, 0.15) is 0 Å². The van der Waals surface area contributed by atoms with Crippen LogP contribution < -0.4 is 5.32 Å². The standard InChI is InChI=1S/C31H33NO2/c33-30(18-11-22-9-12-24-5-1-3-7-28(24)19-22)26-14-16-27(17-15-26)31(34)32-21-23-10-13-25-6-2-4-8-29(25)20-23/h9-10,12-17,19-20H,1-8,11,18,21H2,(H,32,34). The Kier molecular flexibility index (Phi) is 6.89. The van der Waals surface area contributed by atoms with Crippen LogP contribution in [0, 0.1) is 0 Å². The van der Waals surface area contributed by atoms with Gasteiger partial charge in [-0.3, -0.25) is 9.59 Å². The minimum Gasteiger partial charge on any atom is -0.348 e. The van der Waals surface area contributed by atoms with Gasteiger partial charge in [0, 0.05) is 24.1 Å². The van der Waals surface area contributed by atoms with E-state index in [9.17, 15) is 9.59 Å². The molecule has 3 heteroatoms. The quantitative estimate of drug-likeness (QED) is 0.435. The number of aryl methyl sites for hydroxylation is 5. The summed E-state index contributed by atoms with van der Waals surface area (Å²) in [5, 5.41) is 3.02. The summed E-state index contributed by atoms with van der Waals surface area (Å²) in [4.78, 5) is 25.3. The molecule has 1 amide bonds. The monoisotopic (exact) mass is 451 g/mol. The van der Waals surface area contributed by atoms with Crippen molar-refractivity contribution in [3.63, 3.8) is 0 Å². The highest BCUT2D eigenvalue weighted by molar-refractivity contribution is 5.98. The Balaban J connectivity index is 1.14. The van der Waals surface area contributed by atoms with Crippen LogP contribution in [0.5, 0.6) is 0 Å². The first-order valence-corrected chi connectivity index (χ1v) is 12.8. The molecule has 5 rings (SSSR count). The first kappa shape index (κ1) is 22.6. The molecule has 0 fully saturated rings. The molecule has 3 aromatic rings. The first-order chi connectivity index (χ1) is 16.7. The van der Waals surface area contributed by atoms with Gasteiger partial charge in [-0.1, -0.05) is 48.5 Å². The van der Waals surface area contributed by atoms with E-state index in [0.29, 0.717) is 24.1 Å². The van der Waals surface area contributed by atoms with Crippen LogP contribution in [0.15, 0.2) is 60.7 Å². The van der Waals surface area contributed by atoms with Crippen LogP contribution in [0.25, 0.3) is 0 Å². The molecule has 0 unspecified atom stereocenters. The van der Waals surface area contributed by atoms with Gasteiger partial charge in [0.15, 0.2) is 5.78 Å². The zero-order chi connectivity index (χ0) is 23.3. The molecule has 0 aliphatic heterocycles. The van der Waals surface area contributed by atoms with Crippen molar-refractivity contribution in [1.82, 2.24) is 5.32 Å². The summed E-state index contributed by atoms with van der Waals surface area (Å²) in [6.45, 7) is 0.521. The average molecular weight is 452 g/mol. The molecule has 174 valence electrons. The van der Waals surface area contributed by atoms with Crippen molar-refractivity contribution in [2.75, 3.05) is 0 Å². The van der Waals surface area contributed by atoms with Gasteiger partial charge in [-0.05, 0) is 103 Å². The number of ketones is 1. The topological polar surface area (TPSA) is 46.2 Å². The van der Waals surface area contributed by atoms with Crippen molar-refractivity contribution in [3.05, 3.63) is 105 Å². The molecule has 0 radical (unpaired) electrons. The van der Waals surface area contributed by atoms with Gasteiger partial charge in [0.25, 0.3) is 5.91 Å². The molecular formula is C31H33NO2. The SMILES string of the molecule is O=C(CCc1ccc2c(c1)CCCC2)c1ccc(C(=O)NCc2ccc3c(c2)CCCC3)cc1. The van der Waals surface area contributed by atoms with Crippen LogP contribution in [0.2, 0.25) is 0 Å². The minimum absolute atomic E-state index is 0.106. The predicted octanol–water partition coefficient (Wildman–Crippen LogP) is 6.19. The van der Waals surface area contributed by atoms with E-state index >= 15 is 0 Å². The van der Waals surface area contributed by atoms with Gasteiger partial charge in [0.05, 0.1) is 0 Å². The number of fused-ring (bicyclic) bond motifs is 2. The maximum atomic E-state index is 12.7. The van der Waals surface area contributed by atoms with Gasteiger partial charge in [-0.25, -0.2) is 0 Å². The van der Waals surface area contributed by atoms with Gasteiger partial charge < -0.3 is 5.32 Å². The van der Waals surface area contributed by atoms with Crippen molar-refractivity contribution in [2.45, 2.75) is 70.8 Å². The van der Waals surface area contributed by atoms with Gasteiger partial charge in [-0.2, -0.15) is 0 Å². The summed E-state index contributed by atoms with van der Waals surface area (Å²) in [6.07, 6.45) is 11.0. The second-order valence-electron chi connectivity index (χ2n) is 9.80. The minimum atomic E-state index is -0.106. The van der Waals surface area contributed by atoms with E-state index in [2.05, 4.69) is 41.7 Å². The van der Waals surface area contributed by atoms with Gasteiger partial charge in [0.2, 0.25) is 0 Å². The van der Waals surface area contributed by atoms with Crippen LogP contribution in [0.3, 0.4) is 0 Å². The molecule has 0 aromatic heterocycles. The number of hydrogen-bond donors (Lipinski definition) is 1. The number of benzene rings is 3. The molecule has 0 bridgehead atoms. The summed E-state index contributed by atoms with van der Waals surface area (Å²) in [7, 11) is 0. The number of nitrogens with one attached hydrogen (secondary N) is 1. The highest BCUT2D eigenvalue weighted by Crippen LogP contribution is 2.24. The van der Waals surface area contributed by atoms with Crippen LogP contribution >= 0.6 is 0 Å². The Morgan fingerprint density at radius 1 is 0.618 bits per heavy atom. The average Bonchev–Trinajstić information content (AvgIpc) is 2.90. The second kappa shape index (κ2) is 10.4. The molecular weight excluding hydrogens is 418 g/mol. The van der Waals surface area contributed by atoms with Crippen LogP contribution in [-0.4, -0.2) is 11.7 Å². The number of carbonyl (C=O) groups excluding carboxylic acids is 2. The Hall–Kier alpha value is -3.20. The maximum absolute atomic E-state index is 12.7. The summed E-state index contributed by atoms with van der Waals surface area (Å²) >= 11 is 0. The lowest BCUT2D eigenvalue weighted by atomic mass is 9.89. The van der Waals surface area contributed by atoms with E-state index < -0.39 is 0 Å². The van der Waals surface area contributed by atoms with E-state index in [4.69, 9.17) is 0 Å². The number of rotatable bonds is 7. The van der Waals surface area contributed by atoms with E-state index in [1.807, 2.05) is 0 Å². The molecule has 3 aromatic carbocycles. The fourth-order valence-electron chi connectivity index (χ4n) is 5.33. The summed E-state index contributed by atoms with van der Waals surface area (Å²) < 4.78 is 0. The number of carbonyl (C=O) groups is 2. The third kappa shape index (κ3) is 5.30. The summed E-state index contributed by atoms with van der Waals surface area (Å²) in [5.74, 6) is 0.0181. The van der Waals surface area contributed by atoms with Gasteiger partial charge >= 0.3 is 0 Å². The molecule has 0 saturated heterocycles. The van der Waals surface area contributed by atoms with Crippen molar-refractivity contribution in [1.29, 1.82) is 0 Å². The Morgan fingerprint density at radius 2 is 1.15 bits per heavy atom. The molecule has 0 spiro atoms. The van der Waals surface area contributed by atoms with Gasteiger partial charge in [-0.15, -0.1) is 0 Å². The molecule has 2 aliphatic rings. The number of Topliss-reactive ketones (excluding diaryl/α,β-unsaturated/α-hetero) is 1. The fourth-order valence-corrected chi connectivity index (χ4v) is 5.33. The fraction of sp³-hybridized carbons (Fsp3) is 0.355. The van der Waals surface area contributed by atoms with Crippen LogP contribution in [0.4, 0.5) is 0 Å². The predicted molar refractivity (Wildman–Crippen MR) is 136 cm³/mol. The molecule has 0 atom stereocenters. The van der Waals surface area contributed by atoms with Crippen molar-refractivity contribution in [2.24, 2.45) is 0 Å². The maximum Gasteiger partial charge on any atom is 0.251 e. The third-order valence-electron chi connectivity index (χ3n) is 7.39. The Labute approximate surface area is 202 Å². The highest BCUT2D eigenvalue weighted by Gasteiger charge is 2.13. The first-order valence-electron chi connectivity index (χ1n) is 12.8. The molecule has 34 heavy (non-hydrogen) atoms. The highest BCUT2D eigenvalue weighted by atomic mass is 16.1. The third-order valence-corrected chi connectivity index (χ3v) is 7.39. The van der Waals surface area contributed by atoms with E-state index in [-0.39, 0.29) is 11.7 Å². The Morgan fingerprint density at radius 3 is 1.79 bits per heavy atom. The van der Waals surface area contributed by atoms with Crippen LogP contribution in [0.1, 0.15) is 86.2 Å². The van der Waals surface area contributed by atoms with Crippen LogP contribution in [-0.2, 0) is 38.6 Å². The molecule has 2 aliphatic carbocycles. The molecule has 0 saturated carbocycles. The summed E-state index contributed by atoms with van der Waals surface area (Å²) in [6, 6.07) is 20.3. The normalized spacial score (nSPS) is 14.7. The van der Waals surface area contributed by atoms with E-state index in [0.717, 1.165) is 24.8 Å².